The molecule has 0 radical (unpaired) electrons. The van der Waals surface area contributed by atoms with Crippen molar-refractivity contribution in [2.24, 2.45) is 5.73 Å². The van der Waals surface area contributed by atoms with Crippen LogP contribution in [0, 0.1) is 0 Å². The predicted molar refractivity (Wildman–Crippen MR) is 95.2 cm³/mol. The van der Waals surface area contributed by atoms with E-state index in [1.54, 1.807) is 0 Å². The van der Waals surface area contributed by atoms with Crippen LogP contribution < -0.4 is 5.73 Å². The summed E-state index contributed by atoms with van der Waals surface area (Å²) in [5, 5.41) is 16.3. The fourth-order valence-corrected chi connectivity index (χ4v) is 2.17. The molecule has 0 aliphatic heterocycles. The van der Waals surface area contributed by atoms with E-state index in [2.05, 4.69) is 11.8 Å². The molecule has 1 atom stereocenters. The van der Waals surface area contributed by atoms with Crippen molar-refractivity contribution in [2.45, 2.75) is 103 Å². The van der Waals surface area contributed by atoms with Crippen molar-refractivity contribution in [3.05, 3.63) is 0 Å². The summed E-state index contributed by atoms with van der Waals surface area (Å²) in [4.78, 5) is 14.1. The van der Waals surface area contributed by atoms with Gasteiger partial charge in [0.15, 0.2) is 0 Å². The highest BCUT2D eigenvalue weighted by atomic mass is 17.1. The van der Waals surface area contributed by atoms with Gasteiger partial charge in [-0.3, -0.25) is 10.1 Å². The molecule has 0 heterocycles. The number of hydrogen-bond acceptors (Lipinski definition) is 4. The monoisotopic (exact) mass is 333 g/mol. The number of hydrogen-bond donors (Lipinski definition) is 3. The Bertz CT molecular complexity index is 237. The Balaban J connectivity index is 0. The quantitative estimate of drug-likeness (QED) is 0.235. The van der Waals surface area contributed by atoms with E-state index in [9.17, 15) is 4.79 Å². The number of aliphatic hydroxyl groups is 1. The standard InChI is InChI=1S/C14H29NO.C4H10O3/c1-2-3-4-5-6-7-8-9-10-11-12-13-14(15)16;1-2-4(5)3-7-6/h2-13H2,1H3,(H2,15,16);4-6H,2-3H2,1H3. The normalized spacial score (nSPS) is 11.7. The van der Waals surface area contributed by atoms with Crippen LogP contribution in [0.25, 0.3) is 0 Å². The summed E-state index contributed by atoms with van der Waals surface area (Å²) in [6.45, 7) is 4.08. The molecule has 0 rings (SSSR count). The maximum absolute atomic E-state index is 10.5. The molecule has 0 saturated carbocycles. The van der Waals surface area contributed by atoms with Crippen molar-refractivity contribution in [1.29, 1.82) is 0 Å². The van der Waals surface area contributed by atoms with Crippen molar-refractivity contribution in [1.82, 2.24) is 0 Å². The molecular weight excluding hydrogens is 294 g/mol. The van der Waals surface area contributed by atoms with Crippen LogP contribution in [0.4, 0.5) is 0 Å². The average Bonchev–Trinajstić information content (AvgIpc) is 2.53. The molecule has 140 valence electrons. The summed E-state index contributed by atoms with van der Waals surface area (Å²) in [7, 11) is 0. The van der Waals surface area contributed by atoms with E-state index in [0.29, 0.717) is 12.8 Å². The first-order valence-corrected chi connectivity index (χ1v) is 9.31. The van der Waals surface area contributed by atoms with Crippen LogP contribution in [0.2, 0.25) is 0 Å². The number of primary amides is 1. The lowest BCUT2D eigenvalue weighted by Gasteiger charge is -2.01. The van der Waals surface area contributed by atoms with Crippen LogP contribution in [0.15, 0.2) is 0 Å². The topological polar surface area (TPSA) is 92.8 Å². The molecule has 0 aromatic carbocycles. The minimum Gasteiger partial charge on any atom is -0.391 e. The van der Waals surface area contributed by atoms with Gasteiger partial charge in [0.05, 0.1) is 6.10 Å². The predicted octanol–water partition coefficient (Wildman–Crippen LogP) is 4.42. The Labute approximate surface area is 142 Å². The summed E-state index contributed by atoms with van der Waals surface area (Å²) >= 11 is 0. The molecule has 1 amide bonds. The van der Waals surface area contributed by atoms with Crippen LogP contribution >= 0.6 is 0 Å². The van der Waals surface area contributed by atoms with E-state index in [4.69, 9.17) is 16.1 Å². The largest absolute Gasteiger partial charge is 0.391 e. The van der Waals surface area contributed by atoms with Gasteiger partial charge in [-0.05, 0) is 12.8 Å². The minimum atomic E-state index is -0.523. The second kappa shape index (κ2) is 21.4. The van der Waals surface area contributed by atoms with Gasteiger partial charge in [-0.15, -0.1) is 0 Å². The molecule has 0 aliphatic rings. The summed E-state index contributed by atoms with van der Waals surface area (Å²) < 4.78 is 0. The summed E-state index contributed by atoms with van der Waals surface area (Å²) in [6.07, 6.45) is 15.1. The van der Waals surface area contributed by atoms with E-state index in [1.807, 2.05) is 6.92 Å². The fraction of sp³-hybridized carbons (Fsp3) is 0.944. The molecule has 5 nitrogen and oxygen atoms in total. The first-order valence-electron chi connectivity index (χ1n) is 9.31. The molecular formula is C18H39NO4. The Morgan fingerprint density at radius 3 is 1.65 bits per heavy atom. The number of amides is 1. The highest BCUT2D eigenvalue weighted by Crippen LogP contribution is 2.11. The van der Waals surface area contributed by atoms with E-state index in [0.717, 1.165) is 6.42 Å². The van der Waals surface area contributed by atoms with Crippen LogP contribution in [0.5, 0.6) is 0 Å². The summed E-state index contributed by atoms with van der Waals surface area (Å²) in [5.41, 5.74) is 5.07. The molecule has 4 N–H and O–H groups in total. The summed E-state index contributed by atoms with van der Waals surface area (Å²) in [5.74, 6) is -0.157. The van der Waals surface area contributed by atoms with Gasteiger partial charge in [0.2, 0.25) is 5.91 Å². The minimum absolute atomic E-state index is 0.0104. The SMILES string of the molecule is CCC(O)COO.CCCCCCCCCCCCCC(N)=O. The lowest BCUT2D eigenvalue weighted by Crippen LogP contribution is -2.11. The average molecular weight is 334 g/mol. The second-order valence-corrected chi connectivity index (χ2v) is 6.11. The van der Waals surface area contributed by atoms with Gasteiger partial charge in [0.25, 0.3) is 0 Å². The highest BCUT2D eigenvalue weighted by Gasteiger charge is 1.97. The number of carbonyl (C=O) groups excluding carboxylic acids is 1. The molecule has 0 saturated heterocycles. The van der Waals surface area contributed by atoms with Gasteiger partial charge in [0.1, 0.15) is 6.61 Å². The molecule has 23 heavy (non-hydrogen) atoms. The third kappa shape index (κ3) is 26.6. The lowest BCUT2D eigenvalue weighted by molar-refractivity contribution is -0.256. The van der Waals surface area contributed by atoms with E-state index >= 15 is 0 Å². The van der Waals surface area contributed by atoms with Gasteiger partial charge < -0.3 is 10.8 Å². The zero-order chi connectivity index (χ0) is 17.8. The summed E-state index contributed by atoms with van der Waals surface area (Å²) in [6, 6.07) is 0. The van der Waals surface area contributed by atoms with Crippen molar-refractivity contribution < 1.29 is 20.0 Å². The first-order chi connectivity index (χ1) is 11.1. The molecule has 0 aliphatic carbocycles. The number of unbranched alkanes of at least 4 members (excludes halogenated alkanes) is 10. The van der Waals surface area contributed by atoms with Gasteiger partial charge in [-0.1, -0.05) is 78.1 Å². The molecule has 0 aromatic rings. The number of rotatable bonds is 15. The van der Waals surface area contributed by atoms with E-state index < -0.39 is 6.10 Å². The third-order valence-corrected chi connectivity index (χ3v) is 3.76. The molecule has 0 aromatic heterocycles. The Kier molecular flexibility index (Phi) is 22.8. The van der Waals surface area contributed by atoms with Crippen molar-refractivity contribution in [3.8, 4) is 0 Å². The smallest absolute Gasteiger partial charge is 0.217 e. The van der Waals surface area contributed by atoms with Gasteiger partial charge in [0, 0.05) is 6.42 Å². The zero-order valence-corrected chi connectivity index (χ0v) is 15.3. The number of nitrogens with two attached hydrogens (primary N) is 1. The molecule has 5 heteroatoms. The fourth-order valence-electron chi connectivity index (χ4n) is 2.17. The van der Waals surface area contributed by atoms with Crippen LogP contribution in [0.3, 0.4) is 0 Å². The molecule has 0 fully saturated rings. The van der Waals surface area contributed by atoms with Crippen LogP contribution in [0.1, 0.15) is 97.3 Å². The van der Waals surface area contributed by atoms with E-state index in [1.165, 1.54) is 64.2 Å². The molecule has 1 unspecified atom stereocenters. The van der Waals surface area contributed by atoms with E-state index in [-0.39, 0.29) is 12.5 Å². The highest BCUT2D eigenvalue weighted by molar-refractivity contribution is 5.73. The maximum atomic E-state index is 10.5. The first kappa shape index (κ1) is 24.6. The van der Waals surface area contributed by atoms with Crippen molar-refractivity contribution >= 4 is 5.91 Å². The van der Waals surface area contributed by atoms with Crippen molar-refractivity contribution in [3.63, 3.8) is 0 Å². The van der Waals surface area contributed by atoms with Gasteiger partial charge >= 0.3 is 0 Å². The Morgan fingerprint density at radius 2 is 1.35 bits per heavy atom. The van der Waals surface area contributed by atoms with Gasteiger partial charge in [-0.25, -0.2) is 4.89 Å². The number of aliphatic hydroxyl groups excluding tert-OH is 1. The second-order valence-electron chi connectivity index (χ2n) is 6.11. The Hall–Kier alpha value is -0.650. The maximum Gasteiger partial charge on any atom is 0.217 e. The van der Waals surface area contributed by atoms with Crippen LogP contribution in [-0.2, 0) is 9.68 Å². The third-order valence-electron chi connectivity index (χ3n) is 3.76. The van der Waals surface area contributed by atoms with Crippen molar-refractivity contribution in [2.75, 3.05) is 6.61 Å². The molecule has 0 bridgehead atoms. The Morgan fingerprint density at radius 1 is 0.913 bits per heavy atom. The van der Waals surface area contributed by atoms with Gasteiger partial charge in [-0.2, -0.15) is 0 Å². The lowest BCUT2D eigenvalue weighted by atomic mass is 10.1. The molecule has 0 spiro atoms. The zero-order valence-electron chi connectivity index (χ0n) is 15.3. The number of carbonyl (C=O) groups is 1. The van der Waals surface area contributed by atoms with Crippen LogP contribution in [-0.4, -0.2) is 29.0 Å².